The molecule has 1 aromatic heterocycles. The van der Waals surface area contributed by atoms with Gasteiger partial charge in [0.2, 0.25) is 5.91 Å². The number of benzene rings is 2. The van der Waals surface area contributed by atoms with Crippen LogP contribution in [0.4, 0.5) is 0 Å². The van der Waals surface area contributed by atoms with Gasteiger partial charge in [-0.25, -0.2) is 4.98 Å². The second-order valence-corrected chi connectivity index (χ2v) is 10.2. The lowest BCUT2D eigenvalue weighted by Gasteiger charge is -2.35. The first-order chi connectivity index (χ1) is 16.0. The lowest BCUT2D eigenvalue weighted by molar-refractivity contribution is -0.142. The van der Waals surface area contributed by atoms with E-state index in [0.717, 1.165) is 12.2 Å². The summed E-state index contributed by atoms with van der Waals surface area (Å²) in [4.78, 5) is 34.0. The molecule has 0 aliphatic rings. The highest BCUT2D eigenvalue weighted by Crippen LogP contribution is 2.29. The number of hydrogen-bond acceptors (Lipinski definition) is 4. The Morgan fingerprint density at radius 3 is 2.29 bits per heavy atom. The van der Waals surface area contributed by atoms with Crippen molar-refractivity contribution in [2.24, 2.45) is 11.3 Å². The topological polar surface area (TPSA) is 64.4 Å². The molecule has 0 spiro atoms. The number of aromatic nitrogens is 2. The van der Waals surface area contributed by atoms with Crippen molar-refractivity contribution in [1.29, 1.82) is 0 Å². The second kappa shape index (κ2) is 10.4. The van der Waals surface area contributed by atoms with Gasteiger partial charge in [-0.3, -0.25) is 14.2 Å². The number of fused-ring (bicyclic) bond motifs is 1. The highest BCUT2D eigenvalue weighted by molar-refractivity contribution is 5.82. The molecule has 3 aromatic rings. The first-order valence-corrected chi connectivity index (χ1v) is 12.1. The summed E-state index contributed by atoms with van der Waals surface area (Å²) >= 11 is 0. The molecule has 1 atom stereocenters. The lowest BCUT2D eigenvalue weighted by Crippen LogP contribution is -2.43. The van der Waals surface area contributed by atoms with Crippen LogP contribution in [0.25, 0.3) is 16.6 Å². The van der Waals surface area contributed by atoms with Gasteiger partial charge in [-0.2, -0.15) is 0 Å². The predicted molar refractivity (Wildman–Crippen MR) is 138 cm³/mol. The van der Waals surface area contributed by atoms with Crippen LogP contribution in [0.5, 0.6) is 5.75 Å². The minimum absolute atomic E-state index is 0.0429. The van der Waals surface area contributed by atoms with E-state index in [-0.39, 0.29) is 11.5 Å². The summed E-state index contributed by atoms with van der Waals surface area (Å²) in [5.74, 6) is 1.78. The SMILES string of the molecule is CCOc1ccc(-n2c(C(C)N(CCC(C)C)C(=O)C(C)(C)C)nc3ccccc3c2=O)cc1. The number of ether oxygens (including phenoxy) is 1. The monoisotopic (exact) mass is 463 g/mol. The highest BCUT2D eigenvalue weighted by Gasteiger charge is 2.33. The van der Waals surface area contributed by atoms with Gasteiger partial charge in [0.05, 0.1) is 29.2 Å². The van der Waals surface area contributed by atoms with Crippen molar-refractivity contribution in [3.8, 4) is 11.4 Å². The molecule has 0 fully saturated rings. The van der Waals surface area contributed by atoms with E-state index >= 15 is 0 Å². The Morgan fingerprint density at radius 1 is 1.06 bits per heavy atom. The van der Waals surface area contributed by atoms with Crippen molar-refractivity contribution in [1.82, 2.24) is 14.5 Å². The van der Waals surface area contributed by atoms with E-state index in [1.807, 2.05) is 82.0 Å². The van der Waals surface area contributed by atoms with Crippen LogP contribution >= 0.6 is 0 Å². The van der Waals surface area contributed by atoms with Gasteiger partial charge >= 0.3 is 0 Å². The number of amides is 1. The fraction of sp³-hybridized carbons (Fsp3) is 0.464. The summed E-state index contributed by atoms with van der Waals surface area (Å²) in [5.41, 5.74) is 0.625. The Kier molecular flexibility index (Phi) is 7.80. The summed E-state index contributed by atoms with van der Waals surface area (Å²) < 4.78 is 7.22. The molecular weight excluding hydrogens is 426 g/mol. The minimum Gasteiger partial charge on any atom is -0.494 e. The third kappa shape index (κ3) is 5.49. The van der Waals surface area contributed by atoms with E-state index in [1.165, 1.54) is 0 Å². The van der Waals surface area contributed by atoms with E-state index in [9.17, 15) is 9.59 Å². The van der Waals surface area contributed by atoms with Crippen LogP contribution in [0.15, 0.2) is 53.3 Å². The molecule has 6 nitrogen and oxygen atoms in total. The number of rotatable bonds is 8. The lowest BCUT2D eigenvalue weighted by atomic mass is 9.93. The van der Waals surface area contributed by atoms with Gasteiger partial charge in [0.25, 0.3) is 5.56 Å². The maximum absolute atomic E-state index is 13.7. The van der Waals surface area contributed by atoms with Crippen molar-refractivity contribution in [3.63, 3.8) is 0 Å². The zero-order valence-corrected chi connectivity index (χ0v) is 21.5. The van der Waals surface area contributed by atoms with E-state index in [0.29, 0.717) is 41.5 Å². The Bertz CT molecular complexity index is 1190. The van der Waals surface area contributed by atoms with E-state index in [4.69, 9.17) is 9.72 Å². The van der Waals surface area contributed by atoms with Gasteiger partial charge in [0.15, 0.2) is 0 Å². The molecule has 1 unspecified atom stereocenters. The largest absolute Gasteiger partial charge is 0.494 e. The third-order valence-electron chi connectivity index (χ3n) is 5.90. The fourth-order valence-corrected chi connectivity index (χ4v) is 3.98. The third-order valence-corrected chi connectivity index (χ3v) is 5.90. The molecule has 6 heteroatoms. The van der Waals surface area contributed by atoms with Crippen molar-refractivity contribution in [2.45, 2.75) is 60.9 Å². The van der Waals surface area contributed by atoms with E-state index in [1.54, 1.807) is 10.6 Å². The van der Waals surface area contributed by atoms with Crippen LogP contribution < -0.4 is 10.3 Å². The molecule has 0 bridgehead atoms. The molecule has 0 saturated heterocycles. The van der Waals surface area contributed by atoms with Crippen molar-refractivity contribution in [2.75, 3.05) is 13.2 Å². The van der Waals surface area contributed by atoms with Crippen LogP contribution in [-0.4, -0.2) is 33.5 Å². The summed E-state index contributed by atoms with van der Waals surface area (Å²) in [7, 11) is 0. The van der Waals surface area contributed by atoms with Crippen molar-refractivity contribution in [3.05, 3.63) is 64.7 Å². The number of nitrogens with zero attached hydrogens (tertiary/aromatic N) is 3. The summed E-state index contributed by atoms with van der Waals surface area (Å²) in [6, 6.07) is 14.4. The first-order valence-electron chi connectivity index (χ1n) is 12.1. The average molecular weight is 464 g/mol. The molecule has 0 radical (unpaired) electrons. The molecule has 0 aliphatic heterocycles. The molecule has 3 rings (SSSR count). The molecule has 2 aromatic carbocycles. The smallest absolute Gasteiger partial charge is 0.266 e. The van der Waals surface area contributed by atoms with Gasteiger partial charge in [-0.1, -0.05) is 46.8 Å². The summed E-state index contributed by atoms with van der Waals surface area (Å²) in [5, 5.41) is 0.545. The normalized spacial score (nSPS) is 12.7. The Morgan fingerprint density at radius 2 is 1.71 bits per heavy atom. The Labute approximate surface area is 202 Å². The van der Waals surface area contributed by atoms with Crippen LogP contribution in [-0.2, 0) is 4.79 Å². The molecule has 182 valence electrons. The quantitative estimate of drug-likeness (QED) is 0.426. The molecule has 1 amide bonds. The maximum Gasteiger partial charge on any atom is 0.266 e. The van der Waals surface area contributed by atoms with E-state index < -0.39 is 11.5 Å². The number of para-hydroxylation sites is 1. The highest BCUT2D eigenvalue weighted by atomic mass is 16.5. The summed E-state index contributed by atoms with van der Waals surface area (Å²) in [6.45, 7) is 15.1. The molecule has 0 N–H and O–H groups in total. The molecular formula is C28H37N3O3. The van der Waals surface area contributed by atoms with Crippen molar-refractivity contribution < 1.29 is 9.53 Å². The van der Waals surface area contributed by atoms with Gasteiger partial charge in [0, 0.05) is 12.0 Å². The second-order valence-electron chi connectivity index (χ2n) is 10.2. The predicted octanol–water partition coefficient (Wildman–Crippen LogP) is 5.77. The number of carbonyl (C=O) groups excluding carboxylic acids is 1. The minimum atomic E-state index is -0.549. The van der Waals surface area contributed by atoms with Gasteiger partial charge in [0.1, 0.15) is 11.6 Å². The Hall–Kier alpha value is -3.15. The van der Waals surface area contributed by atoms with Gasteiger partial charge < -0.3 is 9.64 Å². The number of carbonyl (C=O) groups is 1. The maximum atomic E-state index is 13.7. The van der Waals surface area contributed by atoms with Crippen molar-refractivity contribution >= 4 is 16.8 Å². The van der Waals surface area contributed by atoms with Gasteiger partial charge in [-0.15, -0.1) is 0 Å². The first kappa shape index (κ1) is 25.5. The van der Waals surface area contributed by atoms with Gasteiger partial charge in [-0.05, 0) is 62.6 Å². The fourth-order valence-electron chi connectivity index (χ4n) is 3.98. The molecule has 1 heterocycles. The molecule has 0 saturated carbocycles. The van der Waals surface area contributed by atoms with E-state index in [2.05, 4.69) is 13.8 Å². The van der Waals surface area contributed by atoms with Crippen LogP contribution in [0.1, 0.15) is 66.8 Å². The Balaban J connectivity index is 2.21. The van der Waals surface area contributed by atoms with Crippen LogP contribution in [0.2, 0.25) is 0 Å². The molecule has 34 heavy (non-hydrogen) atoms. The standard InChI is InChI=1S/C28H37N3O3/c1-8-34-22-15-13-21(14-16-22)31-25(29-24-12-10-9-11-23(24)26(31)32)20(4)30(18-17-19(2)3)27(33)28(5,6)7/h9-16,19-20H,8,17-18H2,1-7H3. The zero-order chi connectivity index (χ0) is 25.0. The summed E-state index contributed by atoms with van der Waals surface area (Å²) in [6.07, 6.45) is 0.868. The number of hydrogen-bond donors (Lipinski definition) is 0. The van der Waals surface area contributed by atoms with Crippen LogP contribution in [0.3, 0.4) is 0 Å². The molecule has 0 aliphatic carbocycles. The van der Waals surface area contributed by atoms with Crippen LogP contribution in [0, 0.1) is 11.3 Å². The average Bonchev–Trinajstić information content (AvgIpc) is 2.79. The zero-order valence-electron chi connectivity index (χ0n) is 21.5.